The molecule has 1 saturated carbocycles. The van der Waals surface area contributed by atoms with Crippen molar-refractivity contribution in [2.45, 2.75) is 26.2 Å². The van der Waals surface area contributed by atoms with Gasteiger partial charge in [-0.25, -0.2) is 0 Å². The summed E-state index contributed by atoms with van der Waals surface area (Å²) in [6.07, 6.45) is 3.04. The zero-order chi connectivity index (χ0) is 13.0. The monoisotopic (exact) mass is 242 g/mol. The van der Waals surface area contributed by atoms with E-state index in [1.807, 2.05) is 25.1 Å². The molecule has 0 radical (unpaired) electrons. The van der Waals surface area contributed by atoms with Crippen LogP contribution in [-0.4, -0.2) is 12.5 Å². The maximum absolute atomic E-state index is 11.7. The molecule has 0 aromatic heterocycles. The molecule has 0 unspecified atom stereocenters. The number of anilines is 1. The molecule has 0 aliphatic heterocycles. The number of aryl methyl sites for hydroxylation is 1. The van der Waals surface area contributed by atoms with Gasteiger partial charge in [0.15, 0.2) is 0 Å². The highest BCUT2D eigenvalue weighted by Gasteiger charge is 2.24. The topological polar surface area (TPSA) is 55.1 Å². The first-order chi connectivity index (χ1) is 8.69. The summed E-state index contributed by atoms with van der Waals surface area (Å²) >= 11 is 0. The minimum absolute atomic E-state index is 0.109. The first kappa shape index (κ1) is 12.7. The molecule has 1 aromatic rings. The Labute approximate surface area is 108 Å². The zero-order valence-electron chi connectivity index (χ0n) is 10.6. The van der Waals surface area contributed by atoms with Crippen LogP contribution in [0, 0.1) is 24.7 Å². The number of nitrogens with two attached hydrogens (primary N) is 1. The van der Waals surface area contributed by atoms with Gasteiger partial charge in [0, 0.05) is 17.7 Å². The maximum atomic E-state index is 11.7. The smallest absolute Gasteiger partial charge is 0.224 e. The van der Waals surface area contributed by atoms with Crippen LogP contribution in [0.5, 0.6) is 0 Å². The summed E-state index contributed by atoms with van der Waals surface area (Å²) in [5, 5.41) is 2.93. The van der Waals surface area contributed by atoms with Crippen molar-refractivity contribution in [2.24, 2.45) is 11.7 Å². The molecule has 0 bridgehead atoms. The summed E-state index contributed by atoms with van der Waals surface area (Å²) in [6.45, 7) is 2.34. The number of rotatable bonds is 3. The minimum Gasteiger partial charge on any atom is -0.326 e. The van der Waals surface area contributed by atoms with E-state index in [1.165, 1.54) is 12.8 Å². The number of amides is 1. The second-order valence-electron chi connectivity index (χ2n) is 4.73. The van der Waals surface area contributed by atoms with Crippen molar-refractivity contribution in [1.29, 1.82) is 0 Å². The van der Waals surface area contributed by atoms with E-state index in [0.717, 1.165) is 16.8 Å². The second kappa shape index (κ2) is 5.70. The molecule has 0 atom stereocenters. The molecule has 0 heterocycles. The highest BCUT2D eigenvalue weighted by molar-refractivity contribution is 5.91. The predicted molar refractivity (Wildman–Crippen MR) is 73.1 cm³/mol. The molecule has 3 nitrogen and oxygen atoms in total. The Morgan fingerprint density at radius 1 is 1.50 bits per heavy atom. The highest BCUT2D eigenvalue weighted by atomic mass is 16.1. The minimum atomic E-state index is 0.109. The van der Waals surface area contributed by atoms with Crippen molar-refractivity contribution in [3.05, 3.63) is 29.3 Å². The lowest BCUT2D eigenvalue weighted by atomic mass is 10.1. The van der Waals surface area contributed by atoms with Crippen LogP contribution in [-0.2, 0) is 4.79 Å². The fourth-order valence-electron chi connectivity index (χ4n) is 1.82. The number of carbonyl (C=O) groups excluding carboxylic acids is 1. The van der Waals surface area contributed by atoms with Crippen LogP contribution in [0.3, 0.4) is 0 Å². The van der Waals surface area contributed by atoms with Crippen molar-refractivity contribution >= 4 is 11.6 Å². The summed E-state index contributed by atoms with van der Waals surface area (Å²) in [4.78, 5) is 11.7. The molecule has 2 rings (SSSR count). The lowest BCUT2D eigenvalue weighted by Gasteiger charge is -2.06. The highest BCUT2D eigenvalue weighted by Crippen LogP contribution is 2.32. The number of nitrogens with one attached hydrogen (secondary N) is 1. The Morgan fingerprint density at radius 2 is 2.28 bits per heavy atom. The molecule has 1 fully saturated rings. The normalized spacial score (nSPS) is 13.7. The molecule has 1 aliphatic carbocycles. The first-order valence-electron chi connectivity index (χ1n) is 6.28. The molecule has 18 heavy (non-hydrogen) atoms. The van der Waals surface area contributed by atoms with Gasteiger partial charge in [0.25, 0.3) is 0 Å². The van der Waals surface area contributed by atoms with Crippen LogP contribution in [0.25, 0.3) is 0 Å². The fourth-order valence-corrected chi connectivity index (χ4v) is 1.82. The standard InChI is InChI=1S/C15H18N2O/c1-11-9-14(7-6-13(11)3-2-8-16)17-15(18)10-12-4-5-12/h6-7,9,12H,4-5,8,10,16H2,1H3,(H,17,18). The van der Waals surface area contributed by atoms with E-state index < -0.39 is 0 Å². The van der Waals surface area contributed by atoms with Crippen molar-refractivity contribution in [3.8, 4) is 11.8 Å². The van der Waals surface area contributed by atoms with Gasteiger partial charge in [-0.05, 0) is 49.4 Å². The van der Waals surface area contributed by atoms with Gasteiger partial charge in [-0.1, -0.05) is 11.8 Å². The average molecular weight is 242 g/mol. The number of hydrogen-bond donors (Lipinski definition) is 2. The van der Waals surface area contributed by atoms with Gasteiger partial charge in [-0.3, -0.25) is 4.79 Å². The zero-order valence-corrected chi connectivity index (χ0v) is 10.6. The third-order valence-corrected chi connectivity index (χ3v) is 3.01. The fraction of sp³-hybridized carbons (Fsp3) is 0.400. The molecular formula is C15H18N2O. The van der Waals surface area contributed by atoms with E-state index in [-0.39, 0.29) is 5.91 Å². The maximum Gasteiger partial charge on any atom is 0.224 e. The van der Waals surface area contributed by atoms with Gasteiger partial charge in [-0.2, -0.15) is 0 Å². The predicted octanol–water partition coefficient (Wildman–Crippen LogP) is 2.04. The number of hydrogen-bond acceptors (Lipinski definition) is 2. The van der Waals surface area contributed by atoms with Crippen molar-refractivity contribution in [1.82, 2.24) is 0 Å². The Bertz CT molecular complexity index is 507. The van der Waals surface area contributed by atoms with Crippen molar-refractivity contribution in [3.63, 3.8) is 0 Å². The van der Waals surface area contributed by atoms with Gasteiger partial charge >= 0.3 is 0 Å². The quantitative estimate of drug-likeness (QED) is 0.797. The Kier molecular flexibility index (Phi) is 4.01. The molecule has 0 saturated heterocycles. The summed E-state index contributed by atoms with van der Waals surface area (Å²) in [7, 11) is 0. The van der Waals surface area contributed by atoms with Gasteiger partial charge in [0.1, 0.15) is 0 Å². The van der Waals surface area contributed by atoms with Gasteiger partial charge in [0.05, 0.1) is 6.54 Å². The number of benzene rings is 1. The molecular weight excluding hydrogens is 224 g/mol. The van der Waals surface area contributed by atoms with Gasteiger partial charge in [0.2, 0.25) is 5.91 Å². The lowest BCUT2D eigenvalue weighted by molar-refractivity contribution is -0.116. The first-order valence-corrected chi connectivity index (χ1v) is 6.28. The van der Waals surface area contributed by atoms with Gasteiger partial charge in [-0.15, -0.1) is 0 Å². The van der Waals surface area contributed by atoms with Crippen LogP contribution in [0.2, 0.25) is 0 Å². The third-order valence-electron chi connectivity index (χ3n) is 3.01. The number of carbonyl (C=O) groups is 1. The molecule has 3 N–H and O–H groups in total. The largest absolute Gasteiger partial charge is 0.326 e. The van der Waals surface area contributed by atoms with Crippen LogP contribution in [0.4, 0.5) is 5.69 Å². The van der Waals surface area contributed by atoms with E-state index in [4.69, 9.17) is 5.73 Å². The lowest BCUT2D eigenvalue weighted by Crippen LogP contribution is -2.12. The Balaban J connectivity index is 2.01. The van der Waals surface area contributed by atoms with Crippen molar-refractivity contribution < 1.29 is 4.79 Å². The SMILES string of the molecule is Cc1cc(NC(=O)CC2CC2)ccc1C#CCN. The molecule has 1 aromatic carbocycles. The second-order valence-corrected chi connectivity index (χ2v) is 4.73. The van der Waals surface area contributed by atoms with Gasteiger partial charge < -0.3 is 11.1 Å². The summed E-state index contributed by atoms with van der Waals surface area (Å²) in [6, 6.07) is 5.76. The van der Waals surface area contributed by atoms with E-state index >= 15 is 0 Å². The molecule has 0 spiro atoms. The summed E-state index contributed by atoms with van der Waals surface area (Å²) < 4.78 is 0. The van der Waals surface area contributed by atoms with E-state index in [2.05, 4.69) is 17.2 Å². The molecule has 94 valence electrons. The van der Waals surface area contributed by atoms with Crippen LogP contribution < -0.4 is 11.1 Å². The van der Waals surface area contributed by atoms with Crippen LogP contribution in [0.1, 0.15) is 30.4 Å². The van der Waals surface area contributed by atoms with E-state index in [9.17, 15) is 4.79 Å². The summed E-state index contributed by atoms with van der Waals surface area (Å²) in [5.74, 6) is 6.56. The van der Waals surface area contributed by atoms with E-state index in [0.29, 0.717) is 18.9 Å². The van der Waals surface area contributed by atoms with E-state index in [1.54, 1.807) is 0 Å². The van der Waals surface area contributed by atoms with Crippen molar-refractivity contribution in [2.75, 3.05) is 11.9 Å². The summed E-state index contributed by atoms with van der Waals surface area (Å²) in [5.41, 5.74) is 8.20. The Morgan fingerprint density at radius 3 is 2.89 bits per heavy atom. The molecule has 1 aliphatic rings. The molecule has 1 amide bonds. The van der Waals surface area contributed by atoms with Crippen LogP contribution >= 0.6 is 0 Å². The Hall–Kier alpha value is -1.79. The van der Waals surface area contributed by atoms with Crippen LogP contribution in [0.15, 0.2) is 18.2 Å². The average Bonchev–Trinajstić information content (AvgIpc) is 3.12. The molecule has 3 heteroatoms. The third kappa shape index (κ3) is 3.61.